The zero-order valence-corrected chi connectivity index (χ0v) is 14.0. The molecule has 6 heteroatoms. The second-order valence-corrected chi connectivity index (χ2v) is 5.91. The molecule has 6 nitrogen and oxygen atoms in total. The molecule has 0 bridgehead atoms. The Kier molecular flexibility index (Phi) is 4.55. The Bertz CT molecular complexity index is 740. The minimum atomic E-state index is 0.0399. The van der Waals surface area contributed by atoms with Gasteiger partial charge in [-0.2, -0.15) is 0 Å². The first-order valence-corrected chi connectivity index (χ1v) is 7.99. The van der Waals surface area contributed by atoms with Crippen molar-refractivity contribution in [1.29, 1.82) is 0 Å². The fourth-order valence-electron chi connectivity index (χ4n) is 2.88. The number of hydrogen-bond donors (Lipinski definition) is 1. The van der Waals surface area contributed by atoms with Crippen molar-refractivity contribution in [2.75, 3.05) is 43.9 Å². The SMILES string of the molecule is COc1ccnc(N2CCN(C(=O)c3cc(N)ccc3C)CC2)c1. The van der Waals surface area contributed by atoms with Crippen LogP contribution in [-0.2, 0) is 0 Å². The molecule has 1 fully saturated rings. The molecule has 1 saturated heterocycles. The molecule has 2 aromatic rings. The third kappa shape index (κ3) is 3.27. The fourth-order valence-corrected chi connectivity index (χ4v) is 2.88. The Balaban J connectivity index is 1.68. The molecule has 1 aromatic heterocycles. The van der Waals surface area contributed by atoms with Crippen molar-refractivity contribution in [3.05, 3.63) is 47.7 Å². The Morgan fingerprint density at radius 1 is 1.17 bits per heavy atom. The van der Waals surface area contributed by atoms with Gasteiger partial charge in [-0.05, 0) is 30.7 Å². The molecule has 0 aliphatic carbocycles. The zero-order valence-electron chi connectivity index (χ0n) is 14.0. The van der Waals surface area contributed by atoms with E-state index in [1.165, 1.54) is 0 Å². The van der Waals surface area contributed by atoms with Gasteiger partial charge in [-0.25, -0.2) is 4.98 Å². The third-order valence-corrected chi connectivity index (χ3v) is 4.34. The van der Waals surface area contributed by atoms with Crippen molar-refractivity contribution in [3.8, 4) is 5.75 Å². The number of amides is 1. The van der Waals surface area contributed by atoms with Gasteiger partial charge in [-0.15, -0.1) is 0 Å². The first-order chi connectivity index (χ1) is 11.6. The third-order valence-electron chi connectivity index (χ3n) is 4.34. The molecule has 1 aliphatic rings. The number of benzene rings is 1. The molecule has 1 aliphatic heterocycles. The molecule has 0 radical (unpaired) electrons. The van der Waals surface area contributed by atoms with Crippen molar-refractivity contribution in [3.63, 3.8) is 0 Å². The fraction of sp³-hybridized carbons (Fsp3) is 0.333. The summed E-state index contributed by atoms with van der Waals surface area (Å²) in [6, 6.07) is 9.20. The summed E-state index contributed by atoms with van der Waals surface area (Å²) in [4.78, 5) is 21.2. The van der Waals surface area contributed by atoms with Crippen LogP contribution in [0.15, 0.2) is 36.5 Å². The van der Waals surface area contributed by atoms with Crippen molar-refractivity contribution in [2.24, 2.45) is 0 Å². The van der Waals surface area contributed by atoms with E-state index in [9.17, 15) is 4.79 Å². The maximum Gasteiger partial charge on any atom is 0.254 e. The average Bonchev–Trinajstić information content (AvgIpc) is 2.63. The normalized spacial score (nSPS) is 14.6. The Morgan fingerprint density at radius 3 is 2.62 bits per heavy atom. The molecule has 24 heavy (non-hydrogen) atoms. The summed E-state index contributed by atoms with van der Waals surface area (Å²) in [6.07, 6.45) is 1.74. The number of pyridine rings is 1. The highest BCUT2D eigenvalue weighted by molar-refractivity contribution is 5.96. The molecular formula is C18H22N4O2. The smallest absolute Gasteiger partial charge is 0.254 e. The highest BCUT2D eigenvalue weighted by atomic mass is 16.5. The Labute approximate surface area is 141 Å². The van der Waals surface area contributed by atoms with Crippen molar-refractivity contribution < 1.29 is 9.53 Å². The van der Waals surface area contributed by atoms with Crippen LogP contribution >= 0.6 is 0 Å². The molecule has 0 spiro atoms. The van der Waals surface area contributed by atoms with Crippen LogP contribution in [0.3, 0.4) is 0 Å². The quantitative estimate of drug-likeness (QED) is 0.873. The van der Waals surface area contributed by atoms with Gasteiger partial charge in [0.2, 0.25) is 0 Å². The maximum absolute atomic E-state index is 12.7. The predicted octanol–water partition coefficient (Wildman–Crippen LogP) is 1.94. The lowest BCUT2D eigenvalue weighted by Crippen LogP contribution is -2.49. The van der Waals surface area contributed by atoms with E-state index in [-0.39, 0.29) is 5.91 Å². The summed E-state index contributed by atoms with van der Waals surface area (Å²) in [5.41, 5.74) is 8.07. The molecule has 2 N–H and O–H groups in total. The number of rotatable bonds is 3. The first kappa shape index (κ1) is 16.1. The molecule has 0 saturated carbocycles. The topological polar surface area (TPSA) is 71.7 Å². The molecule has 0 atom stereocenters. The summed E-state index contributed by atoms with van der Waals surface area (Å²) in [6.45, 7) is 4.74. The monoisotopic (exact) mass is 326 g/mol. The van der Waals surface area contributed by atoms with Crippen LogP contribution in [0.25, 0.3) is 0 Å². The van der Waals surface area contributed by atoms with E-state index >= 15 is 0 Å². The van der Waals surface area contributed by atoms with Crippen molar-refractivity contribution >= 4 is 17.4 Å². The highest BCUT2D eigenvalue weighted by Gasteiger charge is 2.24. The van der Waals surface area contributed by atoms with E-state index in [1.54, 1.807) is 19.4 Å². The van der Waals surface area contributed by atoms with Gasteiger partial charge in [-0.1, -0.05) is 6.07 Å². The number of methoxy groups -OCH3 is 1. The van der Waals surface area contributed by atoms with Crippen molar-refractivity contribution in [2.45, 2.75) is 6.92 Å². The highest BCUT2D eigenvalue weighted by Crippen LogP contribution is 2.21. The van der Waals surface area contributed by atoms with E-state index in [2.05, 4.69) is 9.88 Å². The van der Waals surface area contributed by atoms with E-state index in [4.69, 9.17) is 10.5 Å². The number of piperazine rings is 1. The van der Waals surface area contributed by atoms with Gasteiger partial charge < -0.3 is 20.3 Å². The van der Waals surface area contributed by atoms with Gasteiger partial charge in [0.25, 0.3) is 5.91 Å². The van der Waals surface area contributed by atoms with Gasteiger partial charge in [0.05, 0.1) is 7.11 Å². The number of nitrogens with two attached hydrogens (primary N) is 1. The van der Waals surface area contributed by atoms with E-state index in [0.717, 1.165) is 30.2 Å². The lowest BCUT2D eigenvalue weighted by Gasteiger charge is -2.35. The van der Waals surface area contributed by atoms with Crippen LogP contribution in [-0.4, -0.2) is 49.1 Å². The number of aromatic nitrogens is 1. The second-order valence-electron chi connectivity index (χ2n) is 5.91. The average molecular weight is 326 g/mol. The minimum absolute atomic E-state index is 0.0399. The number of nitrogen functional groups attached to an aromatic ring is 1. The Morgan fingerprint density at radius 2 is 1.92 bits per heavy atom. The van der Waals surface area contributed by atoms with Gasteiger partial charge >= 0.3 is 0 Å². The van der Waals surface area contributed by atoms with Gasteiger partial charge in [0.1, 0.15) is 11.6 Å². The Hall–Kier alpha value is -2.76. The summed E-state index contributed by atoms with van der Waals surface area (Å²) < 4.78 is 5.24. The van der Waals surface area contributed by atoms with Crippen LogP contribution < -0.4 is 15.4 Å². The number of aryl methyl sites for hydroxylation is 1. The summed E-state index contributed by atoms with van der Waals surface area (Å²) in [5.74, 6) is 1.70. The number of hydrogen-bond acceptors (Lipinski definition) is 5. The number of carbonyl (C=O) groups excluding carboxylic acids is 1. The molecule has 3 rings (SSSR count). The number of ether oxygens (including phenoxy) is 1. The minimum Gasteiger partial charge on any atom is -0.497 e. The predicted molar refractivity (Wildman–Crippen MR) is 94.5 cm³/mol. The van der Waals surface area contributed by atoms with Crippen LogP contribution in [0.4, 0.5) is 11.5 Å². The first-order valence-electron chi connectivity index (χ1n) is 7.99. The van der Waals surface area contributed by atoms with Crippen LogP contribution in [0.5, 0.6) is 5.75 Å². The standard InChI is InChI=1S/C18H22N4O2/c1-13-3-4-14(19)11-16(13)18(23)22-9-7-21(8-10-22)17-12-15(24-2)5-6-20-17/h3-6,11-12H,7-10,19H2,1-2H3. The van der Waals surface area contributed by atoms with Gasteiger partial charge in [-0.3, -0.25) is 4.79 Å². The zero-order chi connectivity index (χ0) is 17.1. The lowest BCUT2D eigenvalue weighted by atomic mass is 10.1. The number of nitrogens with zero attached hydrogens (tertiary/aromatic N) is 3. The van der Waals surface area contributed by atoms with E-state index < -0.39 is 0 Å². The van der Waals surface area contributed by atoms with E-state index in [0.29, 0.717) is 24.3 Å². The second kappa shape index (κ2) is 6.78. The van der Waals surface area contributed by atoms with Crippen LogP contribution in [0, 0.1) is 6.92 Å². The summed E-state index contributed by atoms with van der Waals surface area (Å²) in [7, 11) is 1.64. The van der Waals surface area contributed by atoms with Crippen LogP contribution in [0.2, 0.25) is 0 Å². The van der Waals surface area contributed by atoms with Gasteiger partial charge in [0.15, 0.2) is 0 Å². The molecule has 2 heterocycles. The van der Waals surface area contributed by atoms with Gasteiger partial charge in [0, 0.05) is 49.7 Å². The summed E-state index contributed by atoms with van der Waals surface area (Å²) >= 11 is 0. The number of anilines is 2. The number of carbonyl (C=O) groups is 1. The lowest BCUT2D eigenvalue weighted by molar-refractivity contribution is 0.0746. The van der Waals surface area contributed by atoms with E-state index in [1.807, 2.05) is 36.1 Å². The largest absolute Gasteiger partial charge is 0.497 e. The van der Waals surface area contributed by atoms with Crippen molar-refractivity contribution in [1.82, 2.24) is 9.88 Å². The molecular weight excluding hydrogens is 304 g/mol. The van der Waals surface area contributed by atoms with Crippen LogP contribution in [0.1, 0.15) is 15.9 Å². The molecule has 1 amide bonds. The molecule has 0 unspecified atom stereocenters. The maximum atomic E-state index is 12.7. The molecule has 1 aromatic carbocycles. The summed E-state index contributed by atoms with van der Waals surface area (Å²) in [5, 5.41) is 0. The molecule has 126 valence electrons.